The molecule has 3 nitrogen and oxygen atoms in total. The third-order valence-electron chi connectivity index (χ3n) is 9.17. The van der Waals surface area contributed by atoms with E-state index in [-0.39, 0.29) is 34.7 Å². The van der Waals surface area contributed by atoms with Gasteiger partial charge in [-0.2, -0.15) is 12.8 Å². The molecule has 0 radical (unpaired) electrons. The van der Waals surface area contributed by atoms with Crippen molar-refractivity contribution in [1.82, 2.24) is 0 Å². The van der Waals surface area contributed by atoms with Gasteiger partial charge in [0.25, 0.3) is 0 Å². The Balaban J connectivity index is 0.000000763. The molecule has 0 aromatic heterocycles. The standard InChI is InChI=1S/C36H43O3P.C8H13.CH3.Ni/c1-23-14-11-17-29(38-9)33(23)40(34-24(2)15-12-18-30(34)39-10)31-19-13-16-28(32(31)37)25-20-26(35(3,4)5)22-27(21-25)36(6,7)8;1-2-4-6-8-7-5-3-1;;/h11-22,37H,1-10H3;1-2,7H,3-6,8H2;1H3;/q;-1;+1;/p+1/b;2-1-;;. The van der Waals surface area contributed by atoms with Crippen LogP contribution in [0.25, 0.3) is 11.1 Å². The maximum Gasteiger partial charge on any atom is 0.166 e. The number of aryl methyl sites for hydroxylation is 2. The third kappa shape index (κ3) is 10.4. The fourth-order valence-corrected chi connectivity index (χ4v) is 9.50. The number of benzene rings is 4. The first-order valence-corrected chi connectivity index (χ1v) is 18.9. The van der Waals surface area contributed by atoms with Crippen molar-refractivity contribution in [2.24, 2.45) is 0 Å². The van der Waals surface area contributed by atoms with E-state index < -0.39 is 7.92 Å². The van der Waals surface area contributed by atoms with E-state index in [0.717, 1.165) is 49.7 Å². The summed E-state index contributed by atoms with van der Waals surface area (Å²) < 4.78 is 11.9. The van der Waals surface area contributed by atoms with Crippen LogP contribution in [0.2, 0.25) is 0 Å². The van der Waals surface area contributed by atoms with Crippen LogP contribution in [0.5, 0.6) is 17.2 Å². The van der Waals surface area contributed by atoms with Gasteiger partial charge in [-0.25, -0.2) is 0 Å². The molecule has 0 unspecified atom stereocenters. The van der Waals surface area contributed by atoms with Crippen molar-refractivity contribution in [2.75, 3.05) is 14.2 Å². The Morgan fingerprint density at radius 1 is 0.680 bits per heavy atom. The zero-order valence-corrected chi connectivity index (χ0v) is 34.3. The minimum atomic E-state index is -1.76. The quantitative estimate of drug-likeness (QED) is 0.0927. The molecule has 4 aromatic rings. The van der Waals surface area contributed by atoms with Gasteiger partial charge in [0.2, 0.25) is 0 Å². The monoisotopic (exact) mass is 737 g/mol. The molecule has 50 heavy (non-hydrogen) atoms. The average molecular weight is 739 g/mol. The van der Waals surface area contributed by atoms with Gasteiger partial charge in [0.15, 0.2) is 17.2 Å². The molecule has 1 N–H and O–H groups in total. The molecule has 0 heterocycles. The van der Waals surface area contributed by atoms with Crippen LogP contribution in [-0.4, -0.2) is 19.3 Å². The summed E-state index contributed by atoms with van der Waals surface area (Å²) in [5, 5.41) is 15.3. The number of hydrogen-bond acceptors (Lipinski definition) is 3. The second kappa shape index (κ2) is 18.9. The van der Waals surface area contributed by atoms with Gasteiger partial charge in [0.1, 0.15) is 23.8 Å². The van der Waals surface area contributed by atoms with Crippen molar-refractivity contribution >= 4 is 23.8 Å². The van der Waals surface area contributed by atoms with Crippen LogP contribution in [0.3, 0.4) is 0 Å². The molecule has 0 saturated heterocycles. The number of ether oxygens (including phenoxy) is 2. The molecule has 0 bridgehead atoms. The smallest absolute Gasteiger partial charge is 0.166 e. The maximum atomic E-state index is 12.2. The van der Waals surface area contributed by atoms with Gasteiger partial charge in [0.05, 0.1) is 14.2 Å². The van der Waals surface area contributed by atoms with E-state index in [1.807, 2.05) is 30.3 Å². The van der Waals surface area contributed by atoms with Crippen LogP contribution in [0.1, 0.15) is 95.9 Å². The largest absolute Gasteiger partial charge is 0.504 e. The van der Waals surface area contributed by atoms with Gasteiger partial charge in [-0.15, -0.1) is 0 Å². The molecule has 0 spiro atoms. The van der Waals surface area contributed by atoms with Crippen LogP contribution < -0.4 is 25.4 Å². The number of phenols is 1. The van der Waals surface area contributed by atoms with Crippen LogP contribution in [-0.2, 0) is 27.3 Å². The van der Waals surface area contributed by atoms with E-state index in [4.69, 9.17) is 9.47 Å². The molecule has 0 aliphatic heterocycles. The first-order chi connectivity index (χ1) is 22.8. The first-order valence-electron chi connectivity index (χ1n) is 17.4. The van der Waals surface area contributed by atoms with E-state index in [9.17, 15) is 5.11 Å². The summed E-state index contributed by atoms with van der Waals surface area (Å²) in [6.45, 7) is 17.7. The topological polar surface area (TPSA) is 38.7 Å². The fraction of sp³-hybridized carbons (Fsp3) is 0.378. The molecule has 1 aliphatic carbocycles. The number of para-hydroxylation sites is 1. The number of phenolic OH excluding ortho intramolecular Hbond substituents is 1. The van der Waals surface area contributed by atoms with Crippen LogP contribution in [0.4, 0.5) is 0 Å². The normalized spacial score (nSPS) is 13.8. The van der Waals surface area contributed by atoms with Gasteiger partial charge in [-0.1, -0.05) is 121 Å². The van der Waals surface area contributed by atoms with Crippen molar-refractivity contribution in [3.8, 4) is 28.4 Å². The number of hydrogen-bond donors (Lipinski definition) is 1. The molecule has 0 atom stereocenters. The van der Waals surface area contributed by atoms with Crippen LogP contribution >= 0.6 is 7.92 Å². The molecule has 0 fully saturated rings. The number of methoxy groups -OCH3 is 2. The molecule has 1 aliphatic rings. The van der Waals surface area contributed by atoms with Gasteiger partial charge in [0, 0.05) is 29.5 Å². The molecule has 0 saturated carbocycles. The second-order valence-electron chi connectivity index (χ2n) is 14.9. The van der Waals surface area contributed by atoms with Crippen molar-refractivity contribution in [3.63, 3.8) is 0 Å². The van der Waals surface area contributed by atoms with Gasteiger partial charge in [-0.05, 0) is 77.1 Å². The third-order valence-corrected chi connectivity index (χ3v) is 12.4. The number of aromatic hydroxyl groups is 1. The summed E-state index contributed by atoms with van der Waals surface area (Å²) in [6.07, 6.45) is 13.5. The number of rotatable bonds is 6. The Hall–Kier alpha value is -3.19. The molecule has 4 aromatic carbocycles. The summed E-state index contributed by atoms with van der Waals surface area (Å²) >= 11 is 0. The summed E-state index contributed by atoms with van der Waals surface area (Å²) in [7, 11) is 1.68. The Morgan fingerprint density at radius 2 is 1.18 bits per heavy atom. The van der Waals surface area contributed by atoms with Crippen molar-refractivity contribution < 1.29 is 31.1 Å². The Morgan fingerprint density at radius 3 is 1.68 bits per heavy atom. The Kier molecular flexibility index (Phi) is 16.2. The molecular formula is C45H60NiO3P+. The molecule has 5 rings (SSSR count). The van der Waals surface area contributed by atoms with Gasteiger partial charge < -0.3 is 21.0 Å². The molecule has 0 amide bonds. The minimum absolute atomic E-state index is 0. The average Bonchev–Trinajstić information content (AvgIpc) is 3.02. The van der Waals surface area contributed by atoms with E-state index in [1.165, 1.54) is 43.2 Å². The zero-order chi connectivity index (χ0) is 35.1. The molecule has 5 heteroatoms. The van der Waals surface area contributed by atoms with E-state index in [1.54, 1.807) is 14.2 Å². The van der Waals surface area contributed by atoms with Gasteiger partial charge >= 0.3 is 0 Å². The van der Waals surface area contributed by atoms with Gasteiger partial charge in [-0.3, -0.25) is 0 Å². The van der Waals surface area contributed by atoms with Crippen molar-refractivity contribution in [3.05, 3.63) is 121 Å². The van der Waals surface area contributed by atoms with Crippen molar-refractivity contribution in [1.29, 1.82) is 0 Å². The number of allylic oxidation sites excluding steroid dienone is 2. The molecular weight excluding hydrogens is 678 g/mol. The Labute approximate surface area is 315 Å². The van der Waals surface area contributed by atoms with Crippen LogP contribution in [0.15, 0.2) is 84.9 Å². The first kappa shape index (κ1) is 43.0. The van der Waals surface area contributed by atoms with Crippen LogP contribution in [0, 0.1) is 27.7 Å². The SMILES string of the molecule is C1=C\CCC[CH-]CC/1.COc1cccc(C)c1[PH+](c1cccc(-c2cc(C(C)(C)C)cc(C(C)(C)C)c2)c1O)c1c(C)cccc1OC.[CH3+].[Ni]. The summed E-state index contributed by atoms with van der Waals surface area (Å²) in [5.41, 5.74) is 6.60. The predicted molar refractivity (Wildman–Crippen MR) is 217 cm³/mol. The predicted octanol–water partition coefficient (Wildman–Crippen LogP) is 10.9. The minimum Gasteiger partial charge on any atom is -0.504 e. The second-order valence-corrected chi connectivity index (χ2v) is 17.2. The summed E-state index contributed by atoms with van der Waals surface area (Å²) in [6, 6.07) is 25.3. The van der Waals surface area contributed by atoms with Crippen molar-refractivity contribution in [2.45, 2.75) is 98.3 Å². The molecule has 272 valence electrons. The van der Waals surface area contributed by atoms with E-state index >= 15 is 0 Å². The van der Waals surface area contributed by atoms with E-state index in [0.29, 0.717) is 5.75 Å². The maximum absolute atomic E-state index is 12.2. The fourth-order valence-electron chi connectivity index (χ4n) is 6.26. The van der Waals surface area contributed by atoms with E-state index in [2.05, 4.69) is 116 Å². The summed E-state index contributed by atoms with van der Waals surface area (Å²) in [5.74, 6) is 1.97. The summed E-state index contributed by atoms with van der Waals surface area (Å²) in [4.78, 5) is 0. The Bertz CT molecular complexity index is 1620. The zero-order valence-electron chi connectivity index (χ0n) is 32.3.